The van der Waals surface area contributed by atoms with Crippen LogP contribution in [0.1, 0.15) is 125 Å². The number of aromatic nitrogens is 3. The van der Waals surface area contributed by atoms with Crippen LogP contribution in [0.5, 0.6) is 0 Å². The number of alkyl carbamates (subject to hydrolysis) is 1. The smallest absolute Gasteiger partial charge is 0.425 e. The van der Waals surface area contributed by atoms with Gasteiger partial charge in [-0.3, -0.25) is 4.68 Å². The van der Waals surface area contributed by atoms with Gasteiger partial charge < -0.3 is 19.5 Å². The minimum absolute atomic E-state index is 0.0170. The van der Waals surface area contributed by atoms with Crippen molar-refractivity contribution in [2.45, 2.75) is 147 Å². The van der Waals surface area contributed by atoms with Gasteiger partial charge in [-0.1, -0.05) is 11.6 Å². The van der Waals surface area contributed by atoms with Gasteiger partial charge in [-0.05, 0) is 144 Å². The highest BCUT2D eigenvalue weighted by molar-refractivity contribution is 7.90. The lowest BCUT2D eigenvalue weighted by Crippen LogP contribution is -2.44. The topological polar surface area (TPSA) is 159 Å². The molecule has 2 aromatic carbocycles. The Balaban J connectivity index is 1.72. The van der Waals surface area contributed by atoms with E-state index < -0.39 is 90.2 Å². The van der Waals surface area contributed by atoms with Crippen LogP contribution in [0.15, 0.2) is 41.4 Å². The number of carbonyl (C=O) groups is 3. The number of fused-ring (bicyclic) bond motifs is 1. The summed E-state index contributed by atoms with van der Waals surface area (Å²) in [6.07, 6.45) is 0.859. The van der Waals surface area contributed by atoms with E-state index in [1.165, 1.54) is 6.20 Å². The quantitative estimate of drug-likeness (QED) is 0.169. The summed E-state index contributed by atoms with van der Waals surface area (Å²) in [7, 11) is -4.56. The van der Waals surface area contributed by atoms with Gasteiger partial charge in [-0.15, -0.1) is 0 Å². The van der Waals surface area contributed by atoms with Crippen molar-refractivity contribution in [2.24, 2.45) is 0 Å². The summed E-state index contributed by atoms with van der Waals surface area (Å²) in [6.45, 7) is 18.5. The number of benzene rings is 2. The normalized spacial score (nSPS) is 16.4. The first-order chi connectivity index (χ1) is 28.0. The fraction of sp³-hybridized carbons (Fsp3) is 0.512. The van der Waals surface area contributed by atoms with Crippen molar-refractivity contribution in [1.82, 2.24) is 20.1 Å². The van der Waals surface area contributed by atoms with Gasteiger partial charge in [0.1, 0.15) is 44.8 Å². The number of hydrogen-bond acceptors (Lipinski definition) is 10. The summed E-state index contributed by atoms with van der Waals surface area (Å²) in [5.74, 6) is -5.04. The molecule has 0 spiro atoms. The van der Waals surface area contributed by atoms with E-state index in [1.54, 1.807) is 80.8 Å². The second-order valence-corrected chi connectivity index (χ2v) is 20.8. The molecule has 0 saturated heterocycles. The minimum atomic E-state index is -4.56. The highest BCUT2D eigenvalue weighted by Crippen LogP contribution is 2.44. The lowest BCUT2D eigenvalue weighted by atomic mass is 9.81. The average molecular weight is 892 g/mol. The van der Waals surface area contributed by atoms with Crippen molar-refractivity contribution in [3.8, 4) is 11.3 Å². The van der Waals surface area contributed by atoms with Crippen LogP contribution in [0.4, 0.5) is 33.4 Å². The molecule has 0 unspecified atom stereocenters. The van der Waals surface area contributed by atoms with Crippen molar-refractivity contribution in [3.63, 3.8) is 0 Å². The predicted octanol–water partition coefficient (Wildman–Crippen LogP) is 11.0. The number of nitrogens with zero attached hydrogens (tertiary/aromatic N) is 4. The van der Waals surface area contributed by atoms with Gasteiger partial charge in [0.2, 0.25) is 0 Å². The zero-order valence-corrected chi connectivity index (χ0v) is 37.8. The van der Waals surface area contributed by atoms with Gasteiger partial charge in [0.05, 0.1) is 16.7 Å². The molecule has 0 bridgehead atoms. The molecule has 18 heteroatoms. The molecular formula is C43H53ClF3N5O8S. The number of rotatable bonds is 8. The Morgan fingerprint density at radius 1 is 0.852 bits per heavy atom. The summed E-state index contributed by atoms with van der Waals surface area (Å²) in [5, 5.41) is 7.61. The minimum Gasteiger partial charge on any atom is -0.444 e. The Bertz CT molecular complexity index is 2420. The maximum Gasteiger partial charge on any atom is 0.425 e. The molecular weight excluding hydrogens is 839 g/mol. The van der Waals surface area contributed by atoms with E-state index >= 15 is 8.78 Å². The van der Waals surface area contributed by atoms with Crippen molar-refractivity contribution in [2.75, 3.05) is 4.90 Å². The van der Waals surface area contributed by atoms with Crippen LogP contribution in [-0.4, -0.2) is 64.3 Å². The molecule has 3 amide bonds. The van der Waals surface area contributed by atoms with Crippen LogP contribution < -0.4 is 10.2 Å². The summed E-state index contributed by atoms with van der Waals surface area (Å²) in [4.78, 5) is 45.1. The molecule has 5 rings (SSSR count). The van der Waals surface area contributed by atoms with Gasteiger partial charge in [0, 0.05) is 34.4 Å². The first kappa shape index (κ1) is 47.2. The predicted molar refractivity (Wildman–Crippen MR) is 225 cm³/mol. The summed E-state index contributed by atoms with van der Waals surface area (Å²) in [5.41, 5.74) is -3.18. The molecule has 4 aromatic rings. The zero-order chi connectivity index (χ0) is 45.6. The van der Waals surface area contributed by atoms with Crippen LogP contribution in [0.2, 0.25) is 5.02 Å². The summed E-state index contributed by atoms with van der Waals surface area (Å²) < 4.78 is 92.3. The number of amides is 3. The van der Waals surface area contributed by atoms with Crippen molar-refractivity contribution >= 4 is 56.4 Å². The van der Waals surface area contributed by atoms with E-state index in [0.717, 1.165) is 24.3 Å². The Morgan fingerprint density at radius 3 is 1.97 bits per heavy atom. The van der Waals surface area contributed by atoms with Gasteiger partial charge in [0.15, 0.2) is 15.7 Å². The number of halogens is 4. The monoisotopic (exact) mass is 891 g/mol. The van der Waals surface area contributed by atoms with Gasteiger partial charge >= 0.3 is 18.3 Å². The molecule has 1 saturated carbocycles. The third kappa shape index (κ3) is 11.3. The van der Waals surface area contributed by atoms with Gasteiger partial charge in [-0.25, -0.2) is 41.0 Å². The van der Waals surface area contributed by atoms with Crippen LogP contribution in [0.3, 0.4) is 0 Å². The molecule has 0 radical (unpaired) electrons. The third-order valence-corrected chi connectivity index (χ3v) is 11.3. The molecule has 13 nitrogen and oxygen atoms in total. The lowest BCUT2D eigenvalue weighted by molar-refractivity contribution is 0.0425. The summed E-state index contributed by atoms with van der Waals surface area (Å²) >= 11 is 5.92. The first-order valence-electron chi connectivity index (χ1n) is 19.9. The molecule has 61 heavy (non-hydrogen) atoms. The first-order valence-corrected chi connectivity index (χ1v) is 21.9. The second kappa shape index (κ2) is 17.5. The fourth-order valence-corrected chi connectivity index (χ4v) is 8.67. The molecule has 1 N–H and O–H groups in total. The standard InChI is InChI=1S/C43H53ClF3N5O8S/c1-23(2)52-36-29(24-12-15-27(16-13-24)49-38(53)58-41(3,4)5)21-48-37(51(39(54)59-42(6,7)8)40(55)60-43(9,10)11)34(36)35(50-52)28-20-31(46)25(18-32(28)47)22-61(56,57)33-19-26(44)14-17-30(33)45/h14,17-21,23-24,27H,12-13,15-16,22H2,1-11H3,(H,49,53). The molecule has 2 aromatic heterocycles. The van der Waals surface area contributed by atoms with Crippen LogP contribution in [-0.2, 0) is 29.8 Å². The third-order valence-electron chi connectivity index (χ3n) is 9.44. The van der Waals surface area contributed by atoms with E-state index in [4.69, 9.17) is 30.9 Å². The van der Waals surface area contributed by atoms with Gasteiger partial charge in [0.25, 0.3) is 0 Å². The molecule has 0 atom stereocenters. The number of anilines is 1. The lowest BCUT2D eigenvalue weighted by Gasteiger charge is -2.31. The van der Waals surface area contributed by atoms with Crippen LogP contribution in [0.25, 0.3) is 22.2 Å². The van der Waals surface area contributed by atoms with E-state index in [-0.39, 0.29) is 33.9 Å². The number of hydrogen-bond donors (Lipinski definition) is 1. The number of ether oxygens (including phenoxy) is 3. The number of pyridine rings is 1. The molecule has 2 heterocycles. The number of imide groups is 1. The van der Waals surface area contributed by atoms with E-state index in [2.05, 4.69) is 10.3 Å². The molecule has 1 aliphatic rings. The van der Waals surface area contributed by atoms with Crippen molar-refractivity contribution in [1.29, 1.82) is 0 Å². The SMILES string of the molecule is CC(C)n1nc(-c2cc(F)c(CS(=O)(=O)c3cc(Cl)ccc3F)cc2F)c2c(N(C(=O)OC(C)(C)C)C(=O)OC(C)(C)C)ncc(C3CCC(NC(=O)OC(C)(C)C)CC3)c21. The zero-order valence-electron chi connectivity index (χ0n) is 36.2. The van der Waals surface area contributed by atoms with E-state index in [0.29, 0.717) is 47.7 Å². The molecule has 0 aliphatic heterocycles. The second-order valence-electron chi connectivity index (χ2n) is 18.4. The molecule has 1 aliphatic carbocycles. The molecule has 332 valence electrons. The largest absolute Gasteiger partial charge is 0.444 e. The Morgan fingerprint density at radius 2 is 1.43 bits per heavy atom. The highest BCUT2D eigenvalue weighted by Gasteiger charge is 2.39. The number of carbonyl (C=O) groups excluding carboxylic acids is 3. The number of sulfone groups is 1. The van der Waals surface area contributed by atoms with E-state index in [9.17, 15) is 27.2 Å². The fourth-order valence-electron chi connectivity index (χ4n) is 6.97. The van der Waals surface area contributed by atoms with Crippen molar-refractivity contribution in [3.05, 3.63) is 70.1 Å². The van der Waals surface area contributed by atoms with Gasteiger partial charge in [-0.2, -0.15) is 10.00 Å². The highest BCUT2D eigenvalue weighted by atomic mass is 35.5. The maximum absolute atomic E-state index is 16.6. The maximum atomic E-state index is 16.6. The van der Waals surface area contributed by atoms with Crippen LogP contribution in [0, 0.1) is 17.5 Å². The summed E-state index contributed by atoms with van der Waals surface area (Å²) in [6, 6.07) is 3.71. The van der Waals surface area contributed by atoms with Crippen LogP contribution >= 0.6 is 11.6 Å². The van der Waals surface area contributed by atoms with Crippen molar-refractivity contribution < 1.29 is 50.2 Å². The van der Waals surface area contributed by atoms with E-state index in [1.807, 2.05) is 0 Å². The Hall–Kier alpha value is -4.90. The average Bonchev–Trinajstić information content (AvgIpc) is 3.50. The Kier molecular flexibility index (Phi) is 13.5. The molecule has 1 fully saturated rings. The Labute approximate surface area is 359 Å². The number of nitrogens with one attached hydrogen (secondary N) is 1.